The summed E-state index contributed by atoms with van der Waals surface area (Å²) in [5, 5.41) is 15.0. The Morgan fingerprint density at radius 3 is 2.44 bits per heavy atom. The van der Waals surface area contributed by atoms with Gasteiger partial charge in [0.15, 0.2) is 0 Å². The van der Waals surface area contributed by atoms with E-state index < -0.39 is 16.8 Å². The predicted octanol–water partition coefficient (Wildman–Crippen LogP) is 2.29. The van der Waals surface area contributed by atoms with Crippen LogP contribution in [0.1, 0.15) is 28.9 Å². The average Bonchev–Trinajstić information content (AvgIpc) is 2.65. The van der Waals surface area contributed by atoms with Crippen LogP contribution in [0.4, 0.5) is 17.1 Å². The lowest BCUT2D eigenvalue weighted by Gasteiger charge is -2.20. The zero-order chi connectivity index (χ0) is 18.0. The Balaban J connectivity index is 1.83. The maximum Gasteiger partial charge on any atom is 0.335 e. The number of hydrogen-bond donors (Lipinski definition) is 3. The molecular formula is C18H15N3O4. The van der Waals surface area contributed by atoms with Crippen molar-refractivity contribution in [2.24, 2.45) is 0 Å². The Bertz CT molecular complexity index is 991. The van der Waals surface area contributed by atoms with Crippen LogP contribution < -0.4 is 21.5 Å². The summed E-state index contributed by atoms with van der Waals surface area (Å²) in [6.45, 7) is 1.79. The summed E-state index contributed by atoms with van der Waals surface area (Å²) in [6.07, 6.45) is 3.14. The lowest BCUT2D eigenvalue weighted by Crippen LogP contribution is -2.37. The lowest BCUT2D eigenvalue weighted by molar-refractivity contribution is 0.0696. The standard InChI is InChI=1S/C18H15N3O4/c1-10(11-3-2-4-12(9-11)18(24)25)20-14-15(17(23)16(14)22)21-13-5-7-19-8-6-13/h2-10,20H,1H3,(H,19,21)(H,24,25). The highest BCUT2D eigenvalue weighted by Gasteiger charge is 2.23. The number of nitrogens with one attached hydrogen (secondary N) is 2. The van der Waals surface area contributed by atoms with E-state index in [1.54, 1.807) is 43.6 Å². The summed E-state index contributed by atoms with van der Waals surface area (Å²) in [6, 6.07) is 9.43. The molecule has 0 fully saturated rings. The van der Waals surface area contributed by atoms with Gasteiger partial charge in [0.05, 0.1) is 5.56 Å². The molecule has 3 aromatic rings. The van der Waals surface area contributed by atoms with Gasteiger partial charge in [-0.05, 0) is 36.8 Å². The zero-order valence-corrected chi connectivity index (χ0v) is 13.3. The molecule has 7 nitrogen and oxygen atoms in total. The molecule has 0 saturated carbocycles. The van der Waals surface area contributed by atoms with Gasteiger partial charge < -0.3 is 15.7 Å². The van der Waals surface area contributed by atoms with Crippen molar-refractivity contribution in [3.63, 3.8) is 0 Å². The molecule has 0 aliphatic rings. The summed E-state index contributed by atoms with van der Waals surface area (Å²) in [5.41, 5.74) is 0.691. The second-order valence-corrected chi connectivity index (χ2v) is 5.57. The molecule has 1 unspecified atom stereocenters. The fourth-order valence-electron chi connectivity index (χ4n) is 2.47. The Kier molecular flexibility index (Phi) is 4.30. The van der Waals surface area contributed by atoms with E-state index in [9.17, 15) is 14.4 Å². The molecule has 0 bridgehead atoms. The Morgan fingerprint density at radius 1 is 1.08 bits per heavy atom. The van der Waals surface area contributed by atoms with Gasteiger partial charge in [0.25, 0.3) is 10.9 Å². The number of carbonyl (C=O) groups is 1. The monoisotopic (exact) mass is 337 g/mol. The number of pyridine rings is 1. The molecule has 1 atom stereocenters. The van der Waals surface area contributed by atoms with E-state index in [1.165, 1.54) is 12.1 Å². The van der Waals surface area contributed by atoms with Gasteiger partial charge in [0.2, 0.25) is 0 Å². The van der Waals surface area contributed by atoms with Crippen molar-refractivity contribution in [3.05, 3.63) is 80.4 Å². The van der Waals surface area contributed by atoms with Gasteiger partial charge in [-0.15, -0.1) is 0 Å². The van der Waals surface area contributed by atoms with Crippen LogP contribution in [-0.2, 0) is 0 Å². The Morgan fingerprint density at radius 2 is 1.76 bits per heavy atom. The smallest absolute Gasteiger partial charge is 0.335 e. The van der Waals surface area contributed by atoms with Crippen molar-refractivity contribution >= 4 is 23.0 Å². The van der Waals surface area contributed by atoms with E-state index in [2.05, 4.69) is 15.6 Å². The molecule has 0 saturated heterocycles. The summed E-state index contributed by atoms with van der Waals surface area (Å²) in [7, 11) is 0. The fraction of sp³-hybridized carbons (Fsp3) is 0.111. The van der Waals surface area contributed by atoms with Gasteiger partial charge in [-0.3, -0.25) is 14.6 Å². The predicted molar refractivity (Wildman–Crippen MR) is 94.3 cm³/mol. The van der Waals surface area contributed by atoms with Crippen LogP contribution in [0.5, 0.6) is 0 Å². The first-order chi connectivity index (χ1) is 12.0. The number of carboxylic acids is 1. The number of benzene rings is 1. The van der Waals surface area contributed by atoms with Crippen LogP contribution in [0.3, 0.4) is 0 Å². The van der Waals surface area contributed by atoms with Gasteiger partial charge in [0, 0.05) is 24.1 Å². The molecule has 0 aliphatic heterocycles. The summed E-state index contributed by atoms with van der Waals surface area (Å²) >= 11 is 0. The quantitative estimate of drug-likeness (QED) is 0.592. The Labute approximate surface area is 142 Å². The number of carboxylic acid groups (broad SMARTS) is 1. The van der Waals surface area contributed by atoms with Crippen LogP contribution in [-0.4, -0.2) is 16.1 Å². The van der Waals surface area contributed by atoms with Crippen LogP contribution in [0.25, 0.3) is 0 Å². The number of aromatic nitrogens is 1. The number of nitrogens with zero attached hydrogens (tertiary/aromatic N) is 1. The minimum absolute atomic E-state index is 0.159. The van der Waals surface area contributed by atoms with E-state index >= 15 is 0 Å². The minimum Gasteiger partial charge on any atom is -0.478 e. The number of anilines is 3. The van der Waals surface area contributed by atoms with Crippen molar-refractivity contribution in [2.75, 3.05) is 10.6 Å². The molecule has 1 aromatic heterocycles. The van der Waals surface area contributed by atoms with E-state index in [0.29, 0.717) is 11.3 Å². The maximum atomic E-state index is 11.9. The normalized spacial score (nSPS) is 11.9. The molecule has 7 heteroatoms. The van der Waals surface area contributed by atoms with Crippen LogP contribution in [0.15, 0.2) is 58.4 Å². The fourth-order valence-corrected chi connectivity index (χ4v) is 2.47. The Hall–Kier alpha value is -3.48. The first kappa shape index (κ1) is 16.4. The minimum atomic E-state index is -1.02. The third-order valence-electron chi connectivity index (χ3n) is 3.85. The molecular weight excluding hydrogens is 322 g/mol. The topological polar surface area (TPSA) is 108 Å². The van der Waals surface area contributed by atoms with Gasteiger partial charge in [-0.1, -0.05) is 12.1 Å². The molecule has 0 aliphatic carbocycles. The van der Waals surface area contributed by atoms with Gasteiger partial charge in [-0.25, -0.2) is 4.79 Å². The molecule has 2 aromatic carbocycles. The van der Waals surface area contributed by atoms with Gasteiger partial charge >= 0.3 is 5.97 Å². The second-order valence-electron chi connectivity index (χ2n) is 5.57. The number of aromatic carboxylic acids is 1. The van der Waals surface area contributed by atoms with E-state index in [-0.39, 0.29) is 23.0 Å². The molecule has 25 heavy (non-hydrogen) atoms. The van der Waals surface area contributed by atoms with E-state index in [1.807, 2.05) is 0 Å². The molecule has 126 valence electrons. The summed E-state index contributed by atoms with van der Waals surface area (Å²) in [5.74, 6) is -1.02. The third-order valence-corrected chi connectivity index (χ3v) is 3.85. The number of hydrogen-bond acceptors (Lipinski definition) is 6. The third kappa shape index (κ3) is 3.25. The van der Waals surface area contributed by atoms with Crippen molar-refractivity contribution < 1.29 is 9.90 Å². The van der Waals surface area contributed by atoms with Crippen molar-refractivity contribution in [3.8, 4) is 0 Å². The second kappa shape index (κ2) is 6.56. The summed E-state index contributed by atoms with van der Waals surface area (Å²) in [4.78, 5) is 38.7. The first-order valence-electron chi connectivity index (χ1n) is 7.57. The average molecular weight is 337 g/mol. The zero-order valence-electron chi connectivity index (χ0n) is 13.3. The van der Waals surface area contributed by atoms with Crippen molar-refractivity contribution in [1.29, 1.82) is 0 Å². The van der Waals surface area contributed by atoms with E-state index in [0.717, 1.165) is 0 Å². The molecule has 0 radical (unpaired) electrons. The van der Waals surface area contributed by atoms with Crippen molar-refractivity contribution in [2.45, 2.75) is 13.0 Å². The molecule has 0 spiro atoms. The molecule has 3 N–H and O–H groups in total. The van der Waals surface area contributed by atoms with Crippen molar-refractivity contribution in [1.82, 2.24) is 4.98 Å². The van der Waals surface area contributed by atoms with Crippen LogP contribution >= 0.6 is 0 Å². The molecule has 3 rings (SSSR count). The van der Waals surface area contributed by atoms with E-state index in [4.69, 9.17) is 5.11 Å². The largest absolute Gasteiger partial charge is 0.478 e. The van der Waals surface area contributed by atoms with Crippen LogP contribution in [0.2, 0.25) is 0 Å². The highest BCUT2D eigenvalue weighted by Crippen LogP contribution is 2.25. The summed E-state index contributed by atoms with van der Waals surface area (Å²) < 4.78 is 0. The highest BCUT2D eigenvalue weighted by molar-refractivity contribution is 5.87. The lowest BCUT2D eigenvalue weighted by atomic mass is 10.0. The molecule has 1 heterocycles. The van der Waals surface area contributed by atoms with Crippen LogP contribution in [0, 0.1) is 0 Å². The van der Waals surface area contributed by atoms with Gasteiger partial charge in [-0.2, -0.15) is 0 Å². The molecule has 0 amide bonds. The first-order valence-corrected chi connectivity index (χ1v) is 7.57. The highest BCUT2D eigenvalue weighted by atomic mass is 16.4. The number of rotatable bonds is 6. The van der Waals surface area contributed by atoms with Gasteiger partial charge in [0.1, 0.15) is 11.4 Å². The maximum absolute atomic E-state index is 11.9. The SMILES string of the molecule is CC(Nc1c(Nc2ccncc2)c(=O)c1=O)c1cccc(C(=O)O)c1.